The van der Waals surface area contributed by atoms with Crippen molar-refractivity contribution >= 4 is 5.69 Å². The van der Waals surface area contributed by atoms with Gasteiger partial charge in [0, 0.05) is 38.8 Å². The predicted octanol–water partition coefficient (Wildman–Crippen LogP) is 2.57. The van der Waals surface area contributed by atoms with E-state index in [-0.39, 0.29) is 18.1 Å². The minimum absolute atomic E-state index is 0.0199. The zero-order valence-corrected chi connectivity index (χ0v) is 14.8. The first-order valence-electron chi connectivity index (χ1n) is 8.46. The quantitative estimate of drug-likeness (QED) is 0.909. The number of benzene rings is 1. The summed E-state index contributed by atoms with van der Waals surface area (Å²) in [4.78, 5) is 8.81. The molecule has 0 bridgehead atoms. The second-order valence-corrected chi connectivity index (χ2v) is 7.04. The lowest BCUT2D eigenvalue weighted by molar-refractivity contribution is 0.169. The fourth-order valence-corrected chi connectivity index (χ4v) is 3.06. The van der Waals surface area contributed by atoms with E-state index in [1.54, 1.807) is 0 Å². The van der Waals surface area contributed by atoms with Crippen molar-refractivity contribution in [1.82, 2.24) is 15.0 Å². The van der Waals surface area contributed by atoms with E-state index < -0.39 is 0 Å². The molecule has 1 aromatic carbocycles. The zero-order valence-electron chi connectivity index (χ0n) is 14.8. The molecule has 1 aliphatic rings. The first kappa shape index (κ1) is 16.9. The highest BCUT2D eigenvalue weighted by Crippen LogP contribution is 2.33. The third kappa shape index (κ3) is 3.60. The molecular formula is C18H26N4O2. The molecule has 0 unspecified atom stereocenters. The van der Waals surface area contributed by atoms with Crippen LogP contribution in [-0.2, 0) is 6.54 Å². The van der Waals surface area contributed by atoms with Crippen molar-refractivity contribution in [3.05, 3.63) is 41.5 Å². The average Bonchev–Trinajstić information content (AvgIpc) is 3.14. The topological polar surface area (TPSA) is 65.6 Å². The van der Waals surface area contributed by atoms with Crippen molar-refractivity contribution in [2.75, 3.05) is 25.5 Å². The molecular weight excluding hydrogens is 304 g/mol. The number of rotatable bonds is 5. The van der Waals surface area contributed by atoms with Crippen molar-refractivity contribution in [2.45, 2.75) is 44.9 Å². The molecule has 24 heavy (non-hydrogen) atoms. The number of hydrogen-bond acceptors (Lipinski definition) is 6. The van der Waals surface area contributed by atoms with Gasteiger partial charge in [0.25, 0.3) is 0 Å². The van der Waals surface area contributed by atoms with Gasteiger partial charge in [-0.2, -0.15) is 4.98 Å². The number of aromatic nitrogens is 2. The van der Waals surface area contributed by atoms with Crippen molar-refractivity contribution in [1.29, 1.82) is 0 Å². The highest BCUT2D eigenvalue weighted by molar-refractivity contribution is 5.46. The van der Waals surface area contributed by atoms with Crippen LogP contribution in [0.5, 0.6) is 0 Å². The first-order valence-corrected chi connectivity index (χ1v) is 8.46. The van der Waals surface area contributed by atoms with Crippen molar-refractivity contribution in [3.8, 4) is 0 Å². The lowest BCUT2D eigenvalue weighted by Crippen LogP contribution is -2.24. The van der Waals surface area contributed by atoms with Crippen LogP contribution in [0.15, 0.2) is 28.8 Å². The summed E-state index contributed by atoms with van der Waals surface area (Å²) >= 11 is 0. The zero-order chi connectivity index (χ0) is 17.3. The molecule has 1 aliphatic heterocycles. The summed E-state index contributed by atoms with van der Waals surface area (Å²) in [7, 11) is 4.06. The van der Waals surface area contributed by atoms with Gasteiger partial charge in [-0.15, -0.1) is 0 Å². The van der Waals surface area contributed by atoms with Gasteiger partial charge in [0.05, 0.1) is 12.1 Å². The summed E-state index contributed by atoms with van der Waals surface area (Å²) < 4.78 is 5.46. The van der Waals surface area contributed by atoms with Crippen LogP contribution in [0, 0.1) is 0 Å². The van der Waals surface area contributed by atoms with E-state index in [0.29, 0.717) is 18.9 Å². The second-order valence-electron chi connectivity index (χ2n) is 7.04. The minimum atomic E-state index is -0.356. The lowest BCUT2D eigenvalue weighted by Gasteiger charge is -2.21. The smallest absolute Gasteiger partial charge is 0.244 e. The number of anilines is 1. The molecule has 2 aromatic rings. The third-order valence-electron chi connectivity index (χ3n) is 4.48. The Morgan fingerprint density at radius 3 is 2.58 bits per heavy atom. The Morgan fingerprint density at radius 2 is 2.00 bits per heavy atom. The van der Waals surface area contributed by atoms with E-state index in [1.807, 2.05) is 27.9 Å². The Kier molecular flexibility index (Phi) is 4.87. The Balaban J connectivity index is 1.75. The van der Waals surface area contributed by atoms with Crippen LogP contribution >= 0.6 is 0 Å². The monoisotopic (exact) mass is 330 g/mol. The summed E-state index contributed by atoms with van der Waals surface area (Å²) in [5.41, 5.74) is 2.39. The maximum Gasteiger partial charge on any atom is 0.244 e. The van der Waals surface area contributed by atoms with Gasteiger partial charge in [0.1, 0.15) is 0 Å². The molecule has 0 radical (unpaired) electrons. The number of nitrogens with zero attached hydrogens (tertiary/aromatic N) is 4. The maximum absolute atomic E-state index is 10.1. The highest BCUT2D eigenvalue weighted by atomic mass is 16.5. The Morgan fingerprint density at radius 1 is 1.29 bits per heavy atom. The van der Waals surface area contributed by atoms with Crippen molar-refractivity contribution < 1.29 is 9.63 Å². The van der Waals surface area contributed by atoms with Crippen LogP contribution in [0.3, 0.4) is 0 Å². The molecule has 2 atom stereocenters. The molecule has 0 spiro atoms. The van der Waals surface area contributed by atoms with Crippen molar-refractivity contribution in [2.24, 2.45) is 0 Å². The molecule has 0 amide bonds. The van der Waals surface area contributed by atoms with E-state index in [9.17, 15) is 5.11 Å². The summed E-state index contributed by atoms with van der Waals surface area (Å²) in [6.07, 6.45) is 0.278. The van der Waals surface area contributed by atoms with Gasteiger partial charge in [-0.05, 0) is 24.1 Å². The van der Waals surface area contributed by atoms with Gasteiger partial charge in [0.2, 0.25) is 5.89 Å². The molecule has 0 aliphatic carbocycles. The fraction of sp³-hybridized carbons (Fsp3) is 0.556. The van der Waals surface area contributed by atoms with Gasteiger partial charge in [-0.3, -0.25) is 4.90 Å². The summed E-state index contributed by atoms with van der Waals surface area (Å²) in [5.74, 6) is 1.57. The van der Waals surface area contributed by atoms with E-state index in [1.165, 1.54) is 11.3 Å². The van der Waals surface area contributed by atoms with Gasteiger partial charge < -0.3 is 14.5 Å². The van der Waals surface area contributed by atoms with Crippen molar-refractivity contribution in [3.63, 3.8) is 0 Å². The molecule has 1 aromatic heterocycles. The van der Waals surface area contributed by atoms with Gasteiger partial charge >= 0.3 is 0 Å². The highest BCUT2D eigenvalue weighted by Gasteiger charge is 2.35. The Hall–Kier alpha value is -1.92. The normalized spacial score (nSPS) is 21.6. The average molecular weight is 330 g/mol. The summed E-state index contributed by atoms with van der Waals surface area (Å²) in [5, 5.41) is 14.2. The number of aliphatic hydroxyl groups is 1. The summed E-state index contributed by atoms with van der Waals surface area (Å²) in [6.45, 7) is 5.47. The molecule has 2 heterocycles. The molecule has 6 heteroatoms. The van der Waals surface area contributed by atoms with E-state index in [4.69, 9.17) is 4.52 Å². The molecule has 0 saturated carbocycles. The Labute approximate surface area is 143 Å². The van der Waals surface area contributed by atoms with E-state index in [0.717, 1.165) is 12.4 Å². The molecule has 1 fully saturated rings. The second kappa shape index (κ2) is 6.91. The molecule has 1 saturated heterocycles. The summed E-state index contributed by atoms with van der Waals surface area (Å²) in [6, 6.07) is 8.46. The van der Waals surface area contributed by atoms with Gasteiger partial charge in [-0.25, -0.2) is 0 Å². The van der Waals surface area contributed by atoms with Crippen LogP contribution in [0.1, 0.15) is 49.5 Å². The van der Waals surface area contributed by atoms with Crippen LogP contribution in [0.25, 0.3) is 0 Å². The van der Waals surface area contributed by atoms with Crippen LogP contribution in [0.4, 0.5) is 5.69 Å². The standard InChI is InChI=1S/C18H26N4O2/c1-12(2)17-19-18(24-20-17)16-9-15(23)11-22(16)10-13-5-7-14(8-6-13)21(3)4/h5-8,12,15-16,23H,9-11H2,1-4H3/t15-,16+/m1/s1. The minimum Gasteiger partial charge on any atom is -0.392 e. The Bertz CT molecular complexity index is 666. The SMILES string of the molecule is CC(C)c1noc([C@@H]2C[C@@H](O)CN2Cc2ccc(N(C)C)cc2)n1. The number of aliphatic hydroxyl groups excluding tert-OH is 1. The van der Waals surface area contributed by atoms with Crippen LogP contribution < -0.4 is 4.90 Å². The lowest BCUT2D eigenvalue weighted by atomic mass is 10.1. The van der Waals surface area contributed by atoms with Crippen LogP contribution in [-0.4, -0.2) is 46.9 Å². The molecule has 3 rings (SSSR count). The number of hydrogen-bond donors (Lipinski definition) is 1. The fourth-order valence-electron chi connectivity index (χ4n) is 3.06. The molecule has 1 N–H and O–H groups in total. The van der Waals surface area contributed by atoms with Crippen LogP contribution in [0.2, 0.25) is 0 Å². The maximum atomic E-state index is 10.1. The van der Waals surface area contributed by atoms with E-state index >= 15 is 0 Å². The molecule has 6 nitrogen and oxygen atoms in total. The third-order valence-corrected chi connectivity index (χ3v) is 4.48. The largest absolute Gasteiger partial charge is 0.392 e. The number of β-amino-alcohol motifs (C(OH)–C–C–N with tert-alkyl or cyclic N) is 1. The number of likely N-dealkylation sites (tertiary alicyclic amines) is 1. The van der Waals surface area contributed by atoms with Gasteiger partial charge in [0.15, 0.2) is 5.82 Å². The predicted molar refractivity (Wildman–Crippen MR) is 92.9 cm³/mol. The van der Waals surface area contributed by atoms with E-state index in [2.05, 4.69) is 44.2 Å². The molecule has 130 valence electrons. The van der Waals surface area contributed by atoms with Gasteiger partial charge in [-0.1, -0.05) is 31.1 Å². The first-order chi connectivity index (χ1) is 11.4.